The van der Waals surface area contributed by atoms with Crippen LogP contribution < -0.4 is 15.9 Å². The van der Waals surface area contributed by atoms with Crippen LogP contribution in [-0.2, 0) is 17.4 Å². The van der Waals surface area contributed by atoms with Gasteiger partial charge < -0.3 is 4.57 Å². The number of hydrogen-bond acceptors (Lipinski definition) is 2. The number of aryl methyl sites for hydroxylation is 1. The largest absolute Gasteiger partial charge is 0.309 e. The van der Waals surface area contributed by atoms with Crippen LogP contribution in [0.2, 0.25) is 0 Å². The van der Waals surface area contributed by atoms with Crippen molar-refractivity contribution in [3.63, 3.8) is 0 Å². The van der Waals surface area contributed by atoms with E-state index in [4.69, 9.17) is 5.10 Å². The van der Waals surface area contributed by atoms with Gasteiger partial charge in [0.1, 0.15) is 0 Å². The third-order valence-electron chi connectivity index (χ3n) is 6.59. The van der Waals surface area contributed by atoms with Crippen LogP contribution in [0.4, 0.5) is 0 Å². The van der Waals surface area contributed by atoms with E-state index < -0.39 is 7.14 Å². The molecule has 4 aromatic rings. The Morgan fingerprint density at radius 1 is 0.788 bits per heavy atom. The molecule has 0 saturated heterocycles. The maximum absolute atomic E-state index is 15.2. The minimum Gasteiger partial charge on any atom is -0.309 e. The highest BCUT2D eigenvalue weighted by Gasteiger charge is 2.37. The molecule has 0 bridgehead atoms. The highest BCUT2D eigenvalue weighted by molar-refractivity contribution is 7.85. The van der Waals surface area contributed by atoms with Crippen LogP contribution in [0, 0.1) is 13.8 Å². The molecule has 0 N–H and O–H groups in total. The molecular formula is C29H29N2OP. The molecule has 1 heterocycles. The van der Waals surface area contributed by atoms with E-state index in [0.29, 0.717) is 0 Å². The first-order chi connectivity index (χ1) is 16.1. The summed E-state index contributed by atoms with van der Waals surface area (Å²) in [6.07, 6.45) is 6.08. The first-order valence-corrected chi connectivity index (χ1v) is 13.4. The lowest BCUT2D eigenvalue weighted by Gasteiger charge is -2.22. The topological polar surface area (TPSA) is 34.4 Å². The summed E-state index contributed by atoms with van der Waals surface area (Å²) < 4.78 is 17.2. The Balaban J connectivity index is 1.73. The minimum absolute atomic E-state index is 0.882. The molecule has 166 valence electrons. The number of benzene rings is 3. The Kier molecular flexibility index (Phi) is 5.91. The fourth-order valence-electron chi connectivity index (χ4n) is 4.93. The lowest BCUT2D eigenvalue weighted by Crippen LogP contribution is -2.28. The van der Waals surface area contributed by atoms with Gasteiger partial charge in [-0.2, -0.15) is 5.10 Å². The SMILES string of the molecule is Cc1ccc(/C=N/n2c(C)c(P(=O)(c3ccccc3)c3ccccc3)c3c2CCCC3)cc1. The van der Waals surface area contributed by atoms with E-state index in [9.17, 15) is 0 Å². The number of fused-ring (bicyclic) bond motifs is 1. The van der Waals surface area contributed by atoms with Gasteiger partial charge in [0.2, 0.25) is 0 Å². The first-order valence-electron chi connectivity index (χ1n) is 11.6. The number of nitrogens with zero attached hydrogens (tertiary/aromatic N) is 2. The molecule has 1 aromatic heterocycles. The van der Waals surface area contributed by atoms with E-state index in [0.717, 1.165) is 52.9 Å². The van der Waals surface area contributed by atoms with Gasteiger partial charge >= 0.3 is 0 Å². The van der Waals surface area contributed by atoms with Crippen LogP contribution in [0.5, 0.6) is 0 Å². The van der Waals surface area contributed by atoms with Crippen LogP contribution in [0.3, 0.4) is 0 Å². The van der Waals surface area contributed by atoms with Crippen molar-refractivity contribution in [2.75, 3.05) is 0 Å². The van der Waals surface area contributed by atoms with Crippen molar-refractivity contribution < 1.29 is 4.57 Å². The summed E-state index contributed by atoms with van der Waals surface area (Å²) in [5.41, 5.74) is 5.73. The molecule has 0 saturated carbocycles. The maximum Gasteiger partial charge on any atom is 0.173 e. The van der Waals surface area contributed by atoms with E-state index in [2.05, 4.69) is 42.8 Å². The summed E-state index contributed by atoms with van der Waals surface area (Å²) in [4.78, 5) is 0. The van der Waals surface area contributed by atoms with E-state index in [1.807, 2.05) is 66.9 Å². The van der Waals surface area contributed by atoms with Gasteiger partial charge in [-0.05, 0) is 50.7 Å². The fourth-order valence-corrected chi connectivity index (χ4v) is 8.10. The lowest BCUT2D eigenvalue weighted by molar-refractivity contribution is 0.592. The molecule has 5 rings (SSSR count). The van der Waals surface area contributed by atoms with Gasteiger partial charge in [0.25, 0.3) is 0 Å². The monoisotopic (exact) mass is 452 g/mol. The zero-order chi connectivity index (χ0) is 22.8. The Labute approximate surface area is 196 Å². The Morgan fingerprint density at radius 2 is 1.36 bits per heavy atom. The molecule has 4 heteroatoms. The fraction of sp³-hybridized carbons (Fsp3) is 0.207. The second-order valence-corrected chi connectivity index (χ2v) is 11.5. The average Bonchev–Trinajstić information content (AvgIpc) is 3.15. The molecule has 1 aliphatic carbocycles. The lowest BCUT2D eigenvalue weighted by atomic mass is 9.98. The second kappa shape index (κ2) is 9.00. The molecule has 0 atom stereocenters. The highest BCUT2D eigenvalue weighted by atomic mass is 31.2. The first kappa shape index (κ1) is 21.7. The maximum atomic E-state index is 15.2. The van der Waals surface area contributed by atoms with E-state index in [-0.39, 0.29) is 0 Å². The molecule has 3 aromatic carbocycles. The molecule has 0 amide bonds. The van der Waals surface area contributed by atoms with Gasteiger partial charge in [-0.1, -0.05) is 90.5 Å². The van der Waals surface area contributed by atoms with Gasteiger partial charge in [-0.25, -0.2) is 4.68 Å². The van der Waals surface area contributed by atoms with E-state index in [1.165, 1.54) is 16.8 Å². The smallest absolute Gasteiger partial charge is 0.173 e. The van der Waals surface area contributed by atoms with Crippen molar-refractivity contribution in [2.24, 2.45) is 5.10 Å². The standard InChI is InChI=1S/C29H29N2OP/c1-22-17-19-24(20-18-22)21-30-31-23(2)29(27-15-9-10-16-28(27)31)33(32,25-11-5-3-6-12-25)26-13-7-4-8-14-26/h3-8,11-14,17-21H,9-10,15-16H2,1-2H3/b30-21+. The summed E-state index contributed by atoms with van der Waals surface area (Å²) in [5.74, 6) is 0. The van der Waals surface area contributed by atoms with Gasteiger partial charge in [0, 0.05) is 21.6 Å². The second-order valence-electron chi connectivity index (χ2n) is 8.81. The molecule has 0 radical (unpaired) electrons. The number of hydrogen-bond donors (Lipinski definition) is 0. The van der Waals surface area contributed by atoms with Crippen molar-refractivity contribution in [2.45, 2.75) is 39.5 Å². The average molecular weight is 453 g/mol. The van der Waals surface area contributed by atoms with E-state index >= 15 is 4.57 Å². The normalized spacial score (nSPS) is 13.9. The molecule has 1 aliphatic rings. The Bertz CT molecular complexity index is 1290. The highest BCUT2D eigenvalue weighted by Crippen LogP contribution is 2.46. The van der Waals surface area contributed by atoms with Crippen molar-refractivity contribution >= 4 is 29.3 Å². The molecule has 0 aliphatic heterocycles. The van der Waals surface area contributed by atoms with Crippen LogP contribution in [0.15, 0.2) is 90.0 Å². The van der Waals surface area contributed by atoms with Gasteiger partial charge in [0.05, 0.1) is 11.9 Å². The molecule has 0 fully saturated rings. The summed E-state index contributed by atoms with van der Waals surface area (Å²) in [6.45, 7) is 4.17. The summed E-state index contributed by atoms with van der Waals surface area (Å²) in [5, 5.41) is 7.66. The zero-order valence-electron chi connectivity index (χ0n) is 19.2. The van der Waals surface area contributed by atoms with E-state index in [1.54, 1.807) is 0 Å². The molecule has 0 spiro atoms. The third-order valence-corrected chi connectivity index (χ3v) is 9.87. The molecular weight excluding hydrogens is 423 g/mol. The van der Waals surface area contributed by atoms with Crippen LogP contribution in [0.1, 0.15) is 40.9 Å². The Morgan fingerprint density at radius 3 is 1.97 bits per heavy atom. The molecule has 33 heavy (non-hydrogen) atoms. The van der Waals surface area contributed by atoms with Crippen molar-refractivity contribution in [3.05, 3.63) is 113 Å². The third kappa shape index (κ3) is 3.92. The quantitative estimate of drug-likeness (QED) is 0.291. The predicted octanol–water partition coefficient (Wildman–Crippen LogP) is 5.51. The van der Waals surface area contributed by atoms with Crippen molar-refractivity contribution in [3.8, 4) is 0 Å². The number of aromatic nitrogens is 1. The predicted molar refractivity (Wildman–Crippen MR) is 139 cm³/mol. The van der Waals surface area contributed by atoms with Crippen LogP contribution in [-0.4, -0.2) is 10.9 Å². The number of rotatable bonds is 5. The zero-order valence-corrected chi connectivity index (χ0v) is 20.1. The van der Waals surface area contributed by atoms with Gasteiger partial charge in [-0.15, -0.1) is 0 Å². The van der Waals surface area contributed by atoms with Crippen molar-refractivity contribution in [1.29, 1.82) is 0 Å². The summed E-state index contributed by atoms with van der Waals surface area (Å²) in [7, 11) is -3.05. The molecule has 3 nitrogen and oxygen atoms in total. The van der Waals surface area contributed by atoms with Crippen LogP contribution >= 0.6 is 7.14 Å². The summed E-state index contributed by atoms with van der Waals surface area (Å²) in [6, 6.07) is 28.3. The van der Waals surface area contributed by atoms with Gasteiger partial charge in [-0.3, -0.25) is 0 Å². The summed E-state index contributed by atoms with van der Waals surface area (Å²) >= 11 is 0. The van der Waals surface area contributed by atoms with Crippen LogP contribution in [0.25, 0.3) is 0 Å². The molecule has 0 unspecified atom stereocenters. The van der Waals surface area contributed by atoms with Gasteiger partial charge in [0.15, 0.2) is 7.14 Å². The minimum atomic E-state index is -3.05. The Hall–Kier alpha value is -3.16. The van der Waals surface area contributed by atoms with Crippen molar-refractivity contribution in [1.82, 2.24) is 4.68 Å².